The van der Waals surface area contributed by atoms with Crippen molar-refractivity contribution in [2.24, 2.45) is 0 Å². The highest BCUT2D eigenvalue weighted by atomic mass is 79.9. The zero-order valence-corrected chi connectivity index (χ0v) is 17.3. The fraction of sp³-hybridized carbons (Fsp3) is 0.316. The lowest BCUT2D eigenvalue weighted by Crippen LogP contribution is -2.19. The van der Waals surface area contributed by atoms with Gasteiger partial charge in [0.05, 0.1) is 10.4 Å². The molecule has 1 aromatic heterocycles. The van der Waals surface area contributed by atoms with E-state index in [1.807, 2.05) is 17.7 Å². The Morgan fingerprint density at radius 3 is 2.67 bits per heavy atom. The topological polar surface area (TPSA) is 73.2 Å². The molecule has 0 bridgehead atoms. The van der Waals surface area contributed by atoms with Crippen LogP contribution in [0.25, 0.3) is 10.9 Å². The first-order chi connectivity index (χ1) is 12.9. The van der Waals surface area contributed by atoms with Crippen molar-refractivity contribution in [1.29, 1.82) is 0 Å². The first-order valence-electron chi connectivity index (χ1n) is 8.83. The summed E-state index contributed by atoms with van der Waals surface area (Å²) in [5, 5.41) is 5.39. The predicted octanol–water partition coefficient (Wildman–Crippen LogP) is 4.61. The molecule has 4 rings (SSSR count). The number of ether oxygens (including phenoxy) is 1. The molecule has 1 aliphatic heterocycles. The minimum Gasteiger partial charge on any atom is -0.356 e. The quantitative estimate of drug-likeness (QED) is 0.630. The Morgan fingerprint density at radius 1 is 1.19 bits per heavy atom. The Labute approximate surface area is 166 Å². The van der Waals surface area contributed by atoms with Crippen LogP contribution in [0.4, 0.5) is 5.69 Å². The number of sulfonamides is 1. The number of benzene rings is 2. The molecule has 0 aliphatic carbocycles. The van der Waals surface area contributed by atoms with Crippen LogP contribution in [0.15, 0.2) is 52.0 Å². The average Bonchev–Trinajstić information content (AvgIpc) is 2.99. The molecule has 27 heavy (non-hydrogen) atoms. The second kappa shape index (κ2) is 7.26. The number of aromatic nitrogens is 2. The minimum absolute atomic E-state index is 0.0809. The van der Waals surface area contributed by atoms with E-state index in [-0.39, 0.29) is 11.1 Å². The summed E-state index contributed by atoms with van der Waals surface area (Å²) in [5.74, 6) is 0. The molecule has 1 N–H and O–H groups in total. The van der Waals surface area contributed by atoms with E-state index in [1.54, 1.807) is 36.4 Å². The molecule has 0 spiro atoms. The Hall–Kier alpha value is -1.90. The fourth-order valence-electron chi connectivity index (χ4n) is 3.23. The number of nitrogens with one attached hydrogen (secondary N) is 1. The Bertz CT molecular complexity index is 1070. The SMILES string of the molecule is Cc1ccc(S(=O)(=O)Nc2ccc3c(c2)c(Br)nn3C2CCCCO2)cc1. The van der Waals surface area contributed by atoms with Gasteiger partial charge in [0.15, 0.2) is 6.23 Å². The van der Waals surface area contributed by atoms with Crippen molar-refractivity contribution in [1.82, 2.24) is 9.78 Å². The number of hydrogen-bond acceptors (Lipinski definition) is 4. The van der Waals surface area contributed by atoms with Crippen molar-refractivity contribution in [2.75, 3.05) is 11.3 Å². The third kappa shape index (κ3) is 3.74. The lowest BCUT2D eigenvalue weighted by molar-refractivity contribution is -0.0368. The highest BCUT2D eigenvalue weighted by Gasteiger charge is 2.21. The van der Waals surface area contributed by atoms with Gasteiger partial charge in [-0.15, -0.1) is 0 Å². The van der Waals surface area contributed by atoms with Crippen LogP contribution in [0.2, 0.25) is 0 Å². The average molecular weight is 450 g/mol. The zero-order chi connectivity index (χ0) is 19.0. The van der Waals surface area contributed by atoms with Gasteiger partial charge in [-0.2, -0.15) is 5.10 Å². The molecule has 2 aromatic carbocycles. The van der Waals surface area contributed by atoms with Gasteiger partial charge in [-0.3, -0.25) is 4.72 Å². The summed E-state index contributed by atoms with van der Waals surface area (Å²) >= 11 is 3.49. The highest BCUT2D eigenvalue weighted by molar-refractivity contribution is 9.10. The minimum atomic E-state index is -3.64. The van der Waals surface area contributed by atoms with Gasteiger partial charge in [0, 0.05) is 17.7 Å². The van der Waals surface area contributed by atoms with E-state index in [4.69, 9.17) is 4.74 Å². The first-order valence-corrected chi connectivity index (χ1v) is 11.1. The van der Waals surface area contributed by atoms with Crippen LogP contribution in [0, 0.1) is 6.92 Å². The van der Waals surface area contributed by atoms with Crippen molar-refractivity contribution < 1.29 is 13.2 Å². The molecule has 1 unspecified atom stereocenters. The summed E-state index contributed by atoms with van der Waals surface area (Å²) in [5.41, 5.74) is 2.41. The number of fused-ring (bicyclic) bond motifs is 1. The van der Waals surface area contributed by atoms with Crippen molar-refractivity contribution in [3.8, 4) is 0 Å². The fourth-order valence-corrected chi connectivity index (χ4v) is 4.77. The van der Waals surface area contributed by atoms with Crippen molar-refractivity contribution in [3.63, 3.8) is 0 Å². The Morgan fingerprint density at radius 2 is 1.96 bits per heavy atom. The van der Waals surface area contributed by atoms with Crippen LogP contribution in [-0.4, -0.2) is 24.8 Å². The third-order valence-corrected chi connectivity index (χ3v) is 6.66. The smallest absolute Gasteiger partial charge is 0.261 e. The van der Waals surface area contributed by atoms with Gasteiger partial charge in [0.1, 0.15) is 4.60 Å². The summed E-state index contributed by atoms with van der Waals surface area (Å²) in [6.07, 6.45) is 3.02. The standard InChI is InChI=1S/C19H20BrN3O3S/c1-13-5-8-15(9-6-13)27(24,25)22-14-7-10-17-16(12-14)19(20)21-23(17)18-4-2-3-11-26-18/h5-10,12,18,22H,2-4,11H2,1H3. The summed E-state index contributed by atoms with van der Waals surface area (Å²) in [7, 11) is -3.64. The van der Waals surface area contributed by atoms with Gasteiger partial charge in [0.25, 0.3) is 10.0 Å². The number of nitrogens with zero attached hydrogens (tertiary/aromatic N) is 2. The van der Waals surface area contributed by atoms with E-state index >= 15 is 0 Å². The maximum atomic E-state index is 12.6. The molecule has 2 heterocycles. The van der Waals surface area contributed by atoms with Gasteiger partial charge < -0.3 is 4.74 Å². The summed E-state index contributed by atoms with van der Waals surface area (Å²) in [6, 6.07) is 12.2. The third-order valence-electron chi connectivity index (χ3n) is 4.67. The molecule has 8 heteroatoms. The van der Waals surface area contributed by atoms with Crippen molar-refractivity contribution in [2.45, 2.75) is 37.3 Å². The van der Waals surface area contributed by atoms with Gasteiger partial charge in [0.2, 0.25) is 0 Å². The molecule has 0 saturated carbocycles. The van der Waals surface area contributed by atoms with E-state index in [0.717, 1.165) is 42.3 Å². The molecule has 0 radical (unpaired) electrons. The lowest BCUT2D eigenvalue weighted by atomic mass is 10.2. The van der Waals surface area contributed by atoms with Crippen LogP contribution >= 0.6 is 15.9 Å². The molecular formula is C19H20BrN3O3S. The maximum Gasteiger partial charge on any atom is 0.261 e. The van der Waals surface area contributed by atoms with Crippen molar-refractivity contribution in [3.05, 3.63) is 52.6 Å². The second-order valence-corrected chi connectivity index (χ2v) is 9.14. The van der Waals surface area contributed by atoms with Gasteiger partial charge in [-0.1, -0.05) is 17.7 Å². The summed E-state index contributed by atoms with van der Waals surface area (Å²) < 4.78 is 36.3. The van der Waals surface area contributed by atoms with Gasteiger partial charge >= 0.3 is 0 Å². The molecular weight excluding hydrogens is 430 g/mol. The molecule has 6 nitrogen and oxygen atoms in total. The molecule has 3 aromatic rings. The zero-order valence-electron chi connectivity index (χ0n) is 14.9. The van der Waals surface area contributed by atoms with Crippen LogP contribution in [0.5, 0.6) is 0 Å². The number of anilines is 1. The van der Waals surface area contributed by atoms with E-state index in [2.05, 4.69) is 25.8 Å². The monoisotopic (exact) mass is 449 g/mol. The predicted molar refractivity (Wildman–Crippen MR) is 108 cm³/mol. The maximum absolute atomic E-state index is 12.6. The normalized spacial score (nSPS) is 17.9. The number of hydrogen-bond donors (Lipinski definition) is 1. The molecule has 1 atom stereocenters. The largest absolute Gasteiger partial charge is 0.356 e. The van der Waals surface area contributed by atoms with E-state index in [9.17, 15) is 8.42 Å². The Balaban J connectivity index is 1.65. The van der Waals surface area contributed by atoms with E-state index in [1.165, 1.54) is 0 Å². The number of rotatable bonds is 4. The molecule has 1 aliphatic rings. The van der Waals surface area contributed by atoms with Crippen LogP contribution in [-0.2, 0) is 14.8 Å². The van der Waals surface area contributed by atoms with Crippen LogP contribution in [0.3, 0.4) is 0 Å². The van der Waals surface area contributed by atoms with E-state index < -0.39 is 10.0 Å². The lowest BCUT2D eigenvalue weighted by Gasteiger charge is -2.23. The summed E-state index contributed by atoms with van der Waals surface area (Å²) in [6.45, 7) is 2.65. The van der Waals surface area contributed by atoms with Crippen molar-refractivity contribution >= 4 is 42.5 Å². The first kappa shape index (κ1) is 18.5. The Kier molecular flexibility index (Phi) is 4.96. The highest BCUT2D eigenvalue weighted by Crippen LogP contribution is 2.32. The van der Waals surface area contributed by atoms with Crippen LogP contribution < -0.4 is 4.72 Å². The molecule has 1 fully saturated rings. The molecule has 142 valence electrons. The number of aryl methyl sites for hydroxylation is 1. The second-order valence-electron chi connectivity index (χ2n) is 6.71. The summed E-state index contributed by atoms with van der Waals surface area (Å²) in [4.78, 5) is 0.235. The van der Waals surface area contributed by atoms with Gasteiger partial charge in [-0.25, -0.2) is 13.1 Å². The van der Waals surface area contributed by atoms with E-state index in [0.29, 0.717) is 10.3 Å². The molecule has 0 amide bonds. The van der Waals surface area contributed by atoms with Gasteiger partial charge in [-0.05, 0) is 72.4 Å². The number of halogens is 1. The molecule has 1 saturated heterocycles. The van der Waals surface area contributed by atoms with Crippen LogP contribution in [0.1, 0.15) is 31.1 Å².